The number of anilines is 1. The van der Waals surface area contributed by atoms with Gasteiger partial charge in [-0.15, -0.1) is 0 Å². The van der Waals surface area contributed by atoms with Gasteiger partial charge in [0.25, 0.3) is 0 Å². The molecule has 0 atom stereocenters. The van der Waals surface area contributed by atoms with E-state index in [1.54, 1.807) is 6.33 Å². The Kier molecular flexibility index (Phi) is 3.50. The van der Waals surface area contributed by atoms with Crippen molar-refractivity contribution >= 4 is 22.6 Å². The van der Waals surface area contributed by atoms with E-state index in [1.807, 2.05) is 42.7 Å². The molecule has 2 heterocycles. The molecular weight excluding hydrogens is 252 g/mol. The lowest BCUT2D eigenvalue weighted by Crippen LogP contribution is -2.12. The Morgan fingerprint density at radius 1 is 1.30 bits per heavy atom. The quantitative estimate of drug-likeness (QED) is 0.747. The second-order valence-corrected chi connectivity index (χ2v) is 4.71. The molecule has 0 saturated heterocycles. The van der Waals surface area contributed by atoms with Crippen molar-refractivity contribution in [1.29, 1.82) is 0 Å². The number of benzene rings is 1. The summed E-state index contributed by atoms with van der Waals surface area (Å²) in [4.78, 5) is 19.0. The van der Waals surface area contributed by atoms with E-state index in [0.717, 1.165) is 29.7 Å². The highest BCUT2D eigenvalue weighted by atomic mass is 16.1. The van der Waals surface area contributed by atoms with Crippen molar-refractivity contribution in [1.82, 2.24) is 14.5 Å². The molecule has 0 bridgehead atoms. The molecular formula is C15H16N4O. The van der Waals surface area contributed by atoms with Gasteiger partial charge >= 0.3 is 0 Å². The molecule has 102 valence electrons. The van der Waals surface area contributed by atoms with Gasteiger partial charge in [0, 0.05) is 31.0 Å². The predicted octanol–water partition coefficient (Wildman–Crippen LogP) is 2.78. The number of hydrogen-bond acceptors (Lipinski definition) is 2. The lowest BCUT2D eigenvalue weighted by Gasteiger charge is -2.06. The van der Waals surface area contributed by atoms with Crippen molar-refractivity contribution in [2.45, 2.75) is 19.4 Å². The molecule has 1 aromatic carbocycles. The average molecular weight is 268 g/mol. The van der Waals surface area contributed by atoms with E-state index >= 15 is 0 Å². The maximum atomic E-state index is 11.9. The predicted molar refractivity (Wildman–Crippen MR) is 78.4 cm³/mol. The monoisotopic (exact) mass is 268 g/mol. The zero-order chi connectivity index (χ0) is 13.8. The smallest absolute Gasteiger partial charge is 0.224 e. The van der Waals surface area contributed by atoms with Gasteiger partial charge in [-0.25, -0.2) is 4.98 Å². The van der Waals surface area contributed by atoms with Crippen LogP contribution in [0.4, 0.5) is 5.69 Å². The second kappa shape index (κ2) is 5.61. The molecule has 2 N–H and O–H groups in total. The highest BCUT2D eigenvalue weighted by molar-refractivity contribution is 5.92. The highest BCUT2D eigenvalue weighted by Gasteiger charge is 2.04. The minimum Gasteiger partial charge on any atom is -0.354 e. The van der Waals surface area contributed by atoms with Crippen LogP contribution in [0.2, 0.25) is 0 Å². The summed E-state index contributed by atoms with van der Waals surface area (Å²) in [6, 6.07) is 9.62. The number of carbonyl (C=O) groups is 1. The van der Waals surface area contributed by atoms with Crippen molar-refractivity contribution < 1.29 is 4.79 Å². The Labute approximate surface area is 116 Å². The topological polar surface area (TPSA) is 62.7 Å². The number of amides is 1. The Morgan fingerprint density at radius 2 is 2.15 bits per heavy atom. The van der Waals surface area contributed by atoms with Crippen LogP contribution in [0, 0.1) is 0 Å². The van der Waals surface area contributed by atoms with Gasteiger partial charge in [0.1, 0.15) is 0 Å². The lowest BCUT2D eigenvalue weighted by molar-refractivity contribution is -0.116. The maximum Gasteiger partial charge on any atom is 0.224 e. The van der Waals surface area contributed by atoms with Crippen LogP contribution in [-0.2, 0) is 11.3 Å². The number of aryl methyl sites for hydroxylation is 1. The number of nitrogens with zero attached hydrogens (tertiary/aromatic N) is 2. The minimum absolute atomic E-state index is 0.0380. The molecule has 0 saturated carbocycles. The van der Waals surface area contributed by atoms with Crippen LogP contribution in [0.25, 0.3) is 11.0 Å². The van der Waals surface area contributed by atoms with Crippen molar-refractivity contribution in [3.8, 4) is 0 Å². The molecule has 0 unspecified atom stereocenters. The van der Waals surface area contributed by atoms with E-state index in [1.165, 1.54) is 0 Å². The Hall–Kier alpha value is -2.56. The molecule has 5 nitrogen and oxygen atoms in total. The SMILES string of the molecule is O=C(CCCn1cccc1)Nc1ccc2nc[nH]c2c1. The van der Waals surface area contributed by atoms with Crippen LogP contribution < -0.4 is 5.32 Å². The Balaban J connectivity index is 1.52. The number of carbonyl (C=O) groups excluding carboxylic acids is 1. The molecule has 0 aliphatic heterocycles. The van der Waals surface area contributed by atoms with Gasteiger partial charge in [-0.05, 0) is 36.8 Å². The fourth-order valence-electron chi connectivity index (χ4n) is 2.18. The summed E-state index contributed by atoms with van der Waals surface area (Å²) in [5, 5.41) is 2.91. The first-order chi connectivity index (χ1) is 9.81. The molecule has 0 fully saturated rings. The zero-order valence-electron chi connectivity index (χ0n) is 11.0. The third-order valence-electron chi connectivity index (χ3n) is 3.19. The van der Waals surface area contributed by atoms with Gasteiger partial charge in [-0.3, -0.25) is 4.79 Å². The number of H-pyrrole nitrogens is 1. The number of aromatic nitrogens is 3. The van der Waals surface area contributed by atoms with Crippen LogP contribution in [0.5, 0.6) is 0 Å². The Morgan fingerprint density at radius 3 is 3.00 bits per heavy atom. The first kappa shape index (κ1) is 12.5. The minimum atomic E-state index is 0.0380. The third kappa shape index (κ3) is 2.88. The summed E-state index contributed by atoms with van der Waals surface area (Å²) in [7, 11) is 0. The fourth-order valence-corrected chi connectivity index (χ4v) is 2.18. The van der Waals surface area contributed by atoms with Gasteiger partial charge in [-0.1, -0.05) is 0 Å². The van der Waals surface area contributed by atoms with Gasteiger partial charge in [-0.2, -0.15) is 0 Å². The van der Waals surface area contributed by atoms with E-state index in [-0.39, 0.29) is 5.91 Å². The standard InChI is InChI=1S/C15H16N4O/c20-15(4-3-9-19-7-1-2-8-19)18-12-5-6-13-14(10-12)17-11-16-13/h1-2,5-8,10-11H,3-4,9H2,(H,16,17)(H,18,20). The van der Waals surface area contributed by atoms with Crippen molar-refractivity contribution in [2.75, 3.05) is 5.32 Å². The van der Waals surface area contributed by atoms with E-state index in [9.17, 15) is 4.79 Å². The molecule has 20 heavy (non-hydrogen) atoms. The maximum absolute atomic E-state index is 11.9. The Bertz CT molecular complexity index is 700. The summed E-state index contributed by atoms with van der Waals surface area (Å²) in [5.74, 6) is 0.0380. The molecule has 0 aliphatic carbocycles. The summed E-state index contributed by atoms with van der Waals surface area (Å²) in [6.45, 7) is 0.861. The van der Waals surface area contributed by atoms with E-state index < -0.39 is 0 Å². The zero-order valence-corrected chi connectivity index (χ0v) is 11.0. The van der Waals surface area contributed by atoms with E-state index in [0.29, 0.717) is 6.42 Å². The first-order valence-corrected chi connectivity index (χ1v) is 6.65. The second-order valence-electron chi connectivity index (χ2n) is 4.71. The normalized spacial score (nSPS) is 10.8. The number of fused-ring (bicyclic) bond motifs is 1. The van der Waals surface area contributed by atoms with Crippen LogP contribution in [0.1, 0.15) is 12.8 Å². The van der Waals surface area contributed by atoms with Crippen molar-refractivity contribution in [3.05, 3.63) is 49.1 Å². The third-order valence-corrected chi connectivity index (χ3v) is 3.19. The molecule has 0 radical (unpaired) electrons. The van der Waals surface area contributed by atoms with Crippen LogP contribution in [0.15, 0.2) is 49.1 Å². The molecule has 3 aromatic rings. The summed E-state index contributed by atoms with van der Waals surface area (Å²) in [6.07, 6.45) is 6.99. The largest absolute Gasteiger partial charge is 0.354 e. The van der Waals surface area contributed by atoms with E-state index in [2.05, 4.69) is 19.9 Å². The van der Waals surface area contributed by atoms with Crippen LogP contribution in [0.3, 0.4) is 0 Å². The number of imidazole rings is 1. The van der Waals surface area contributed by atoms with Gasteiger partial charge in [0.15, 0.2) is 0 Å². The van der Waals surface area contributed by atoms with Gasteiger partial charge < -0.3 is 14.9 Å². The van der Waals surface area contributed by atoms with Crippen molar-refractivity contribution in [3.63, 3.8) is 0 Å². The molecule has 2 aromatic heterocycles. The average Bonchev–Trinajstić information content (AvgIpc) is 3.08. The number of rotatable bonds is 5. The number of aromatic amines is 1. The molecule has 3 rings (SSSR count). The summed E-state index contributed by atoms with van der Waals surface area (Å²) < 4.78 is 2.07. The summed E-state index contributed by atoms with van der Waals surface area (Å²) in [5.41, 5.74) is 2.62. The summed E-state index contributed by atoms with van der Waals surface area (Å²) >= 11 is 0. The first-order valence-electron chi connectivity index (χ1n) is 6.65. The van der Waals surface area contributed by atoms with E-state index in [4.69, 9.17) is 0 Å². The fraction of sp³-hybridized carbons (Fsp3) is 0.200. The number of hydrogen-bond donors (Lipinski definition) is 2. The molecule has 0 spiro atoms. The molecule has 5 heteroatoms. The lowest BCUT2D eigenvalue weighted by atomic mass is 10.2. The van der Waals surface area contributed by atoms with Crippen molar-refractivity contribution in [2.24, 2.45) is 0 Å². The molecule has 1 amide bonds. The van der Waals surface area contributed by atoms with Gasteiger partial charge in [0.2, 0.25) is 5.91 Å². The number of nitrogens with one attached hydrogen (secondary N) is 2. The molecule has 0 aliphatic rings. The highest BCUT2D eigenvalue weighted by Crippen LogP contribution is 2.15. The van der Waals surface area contributed by atoms with Crippen LogP contribution >= 0.6 is 0 Å². The van der Waals surface area contributed by atoms with Gasteiger partial charge in [0.05, 0.1) is 17.4 Å². The van der Waals surface area contributed by atoms with Crippen LogP contribution in [-0.4, -0.2) is 20.4 Å².